The number of amidine groups is 2. The predicted octanol–water partition coefficient (Wildman–Crippen LogP) is 2.36. The Labute approximate surface area is 117 Å². The summed E-state index contributed by atoms with van der Waals surface area (Å²) in [6.45, 7) is 0. The summed E-state index contributed by atoms with van der Waals surface area (Å²) >= 11 is 10.2. The van der Waals surface area contributed by atoms with Gasteiger partial charge in [0.15, 0.2) is 11.7 Å². The average Bonchev–Trinajstić information content (AvgIpc) is 2.57. The summed E-state index contributed by atoms with van der Waals surface area (Å²) in [5.41, 5.74) is 0.666. The molecule has 0 bridgehead atoms. The van der Waals surface area contributed by atoms with Gasteiger partial charge in [-0.25, -0.2) is 4.21 Å². The number of anilines is 1. The van der Waals surface area contributed by atoms with E-state index < -0.39 is 11.2 Å². The molecule has 1 N–H and O–H groups in total. The lowest BCUT2D eigenvalue weighted by Gasteiger charge is -2.14. The Bertz CT molecular complexity index is 551. The minimum Gasteiger partial charge on any atom is -0.359 e. The molecule has 0 spiro atoms. The third-order valence-electron chi connectivity index (χ3n) is 2.09. The molecule has 0 radical (unpaired) electrons. The molecular weight excluding hydrogens is 295 g/mol. The molecule has 0 amide bonds. The van der Waals surface area contributed by atoms with Gasteiger partial charge in [-0.1, -0.05) is 23.2 Å². The molecule has 0 aliphatic carbocycles. The normalized spacial score (nSPS) is 18.3. The van der Waals surface area contributed by atoms with Crippen LogP contribution in [0.15, 0.2) is 27.0 Å². The fourth-order valence-corrected chi connectivity index (χ4v) is 2.64. The maximum absolute atomic E-state index is 11.3. The number of nitrogens with one attached hydrogen (secondary N) is 1. The predicted molar refractivity (Wildman–Crippen MR) is 76.8 cm³/mol. The van der Waals surface area contributed by atoms with E-state index in [9.17, 15) is 4.21 Å². The van der Waals surface area contributed by atoms with Gasteiger partial charge in [0.05, 0.1) is 0 Å². The van der Waals surface area contributed by atoms with Crippen LogP contribution in [0.2, 0.25) is 10.0 Å². The highest BCUT2D eigenvalue weighted by Crippen LogP contribution is 2.23. The third-order valence-corrected chi connectivity index (χ3v) is 3.20. The van der Waals surface area contributed by atoms with Gasteiger partial charge in [0.25, 0.3) is 11.2 Å². The maximum Gasteiger partial charge on any atom is 0.269 e. The summed E-state index contributed by atoms with van der Waals surface area (Å²) in [6.07, 6.45) is 0. The molecule has 1 heterocycles. The summed E-state index contributed by atoms with van der Waals surface area (Å²) in [7, 11) is 3.59. The van der Waals surface area contributed by atoms with Crippen molar-refractivity contribution in [2.24, 2.45) is 8.80 Å². The Kier molecular flexibility index (Phi) is 3.89. The molecule has 1 aromatic carbocycles. The molecule has 8 heteroatoms. The zero-order chi connectivity index (χ0) is 13.3. The minimum atomic E-state index is -1.58. The van der Waals surface area contributed by atoms with Crippen LogP contribution in [0.25, 0.3) is 0 Å². The van der Waals surface area contributed by atoms with Gasteiger partial charge in [-0.3, -0.25) is 0 Å². The van der Waals surface area contributed by atoms with Crippen molar-refractivity contribution in [2.45, 2.75) is 0 Å². The van der Waals surface area contributed by atoms with Crippen LogP contribution in [0.4, 0.5) is 5.69 Å². The standard InChI is InChI=1S/C10H10Cl2N4OS/c1-16(2)10-9(14-18(17)15-10)13-8-4-6(11)3-7(12)5-8/h3-5H,1-2H3,(H,13,14). The Morgan fingerprint density at radius 2 is 1.78 bits per heavy atom. The van der Waals surface area contributed by atoms with Gasteiger partial charge < -0.3 is 10.2 Å². The summed E-state index contributed by atoms with van der Waals surface area (Å²) < 4.78 is 19.1. The lowest BCUT2D eigenvalue weighted by atomic mass is 10.3. The summed E-state index contributed by atoms with van der Waals surface area (Å²) in [4.78, 5) is 1.73. The fraction of sp³-hybridized carbons (Fsp3) is 0.200. The second-order valence-electron chi connectivity index (χ2n) is 3.76. The highest BCUT2D eigenvalue weighted by Gasteiger charge is 2.20. The van der Waals surface area contributed by atoms with Crippen LogP contribution in [0.3, 0.4) is 0 Å². The van der Waals surface area contributed by atoms with Crippen LogP contribution < -0.4 is 5.32 Å². The number of likely N-dealkylation sites (N-methyl/N-ethyl adjacent to an activating group) is 1. The van der Waals surface area contributed by atoms with Crippen molar-refractivity contribution in [3.8, 4) is 0 Å². The average molecular weight is 305 g/mol. The molecule has 96 valence electrons. The molecule has 1 aliphatic rings. The summed E-state index contributed by atoms with van der Waals surface area (Å²) in [5.74, 6) is 0.945. The van der Waals surface area contributed by atoms with E-state index in [-0.39, 0.29) is 0 Å². The number of hydrogen-bond donors (Lipinski definition) is 1. The Morgan fingerprint density at radius 3 is 2.33 bits per heavy atom. The fourth-order valence-electron chi connectivity index (χ4n) is 1.39. The van der Waals surface area contributed by atoms with Crippen LogP contribution in [0.5, 0.6) is 0 Å². The first-order valence-corrected chi connectivity index (χ1v) is 6.78. The SMILES string of the molecule is CN(C)C1=NS(=O)N=C1Nc1cc(Cl)cc(Cl)c1. The number of halogens is 2. The van der Waals surface area contributed by atoms with Crippen LogP contribution in [-0.4, -0.2) is 34.9 Å². The molecule has 5 nitrogen and oxygen atoms in total. The van der Waals surface area contributed by atoms with Crippen LogP contribution >= 0.6 is 23.2 Å². The van der Waals surface area contributed by atoms with E-state index in [4.69, 9.17) is 23.2 Å². The van der Waals surface area contributed by atoms with Crippen LogP contribution in [0, 0.1) is 0 Å². The quantitative estimate of drug-likeness (QED) is 0.866. The zero-order valence-corrected chi connectivity index (χ0v) is 12.0. The summed E-state index contributed by atoms with van der Waals surface area (Å²) in [5, 5.41) is 4.01. The maximum atomic E-state index is 11.3. The van der Waals surface area contributed by atoms with Gasteiger partial charge in [0, 0.05) is 29.8 Å². The van der Waals surface area contributed by atoms with Crippen molar-refractivity contribution < 1.29 is 4.21 Å². The monoisotopic (exact) mass is 304 g/mol. The van der Waals surface area contributed by atoms with Crippen molar-refractivity contribution >= 4 is 51.7 Å². The van der Waals surface area contributed by atoms with E-state index in [2.05, 4.69) is 14.1 Å². The van der Waals surface area contributed by atoms with Crippen LogP contribution in [-0.2, 0) is 11.2 Å². The highest BCUT2D eigenvalue weighted by molar-refractivity contribution is 7.83. The molecule has 1 aliphatic heterocycles. The van der Waals surface area contributed by atoms with E-state index >= 15 is 0 Å². The minimum absolute atomic E-state index is 0.427. The molecule has 0 saturated carbocycles. The summed E-state index contributed by atoms with van der Waals surface area (Å²) in [6, 6.07) is 5.03. The molecule has 18 heavy (non-hydrogen) atoms. The molecule has 0 fully saturated rings. The lowest BCUT2D eigenvalue weighted by molar-refractivity contribution is 0.632. The number of rotatable bonds is 1. The molecule has 1 unspecified atom stereocenters. The van der Waals surface area contributed by atoms with E-state index in [1.165, 1.54) is 0 Å². The van der Waals surface area contributed by atoms with Crippen molar-refractivity contribution in [3.63, 3.8) is 0 Å². The van der Waals surface area contributed by atoms with Gasteiger partial charge >= 0.3 is 0 Å². The van der Waals surface area contributed by atoms with Crippen molar-refractivity contribution in [1.29, 1.82) is 0 Å². The van der Waals surface area contributed by atoms with Gasteiger partial charge in [-0.2, -0.15) is 0 Å². The third kappa shape index (κ3) is 3.01. The number of benzene rings is 1. The Morgan fingerprint density at radius 1 is 1.17 bits per heavy atom. The van der Waals surface area contributed by atoms with E-state index in [0.717, 1.165) is 0 Å². The lowest BCUT2D eigenvalue weighted by Crippen LogP contribution is -2.32. The van der Waals surface area contributed by atoms with E-state index in [1.54, 1.807) is 37.2 Å². The molecule has 0 aromatic heterocycles. The zero-order valence-electron chi connectivity index (χ0n) is 9.65. The van der Waals surface area contributed by atoms with E-state index in [0.29, 0.717) is 27.4 Å². The van der Waals surface area contributed by atoms with Crippen molar-refractivity contribution in [3.05, 3.63) is 28.2 Å². The smallest absolute Gasteiger partial charge is 0.269 e. The molecule has 2 rings (SSSR count). The first kappa shape index (κ1) is 13.3. The van der Waals surface area contributed by atoms with E-state index in [1.807, 2.05) is 0 Å². The van der Waals surface area contributed by atoms with Gasteiger partial charge in [0.1, 0.15) is 0 Å². The first-order chi connectivity index (χ1) is 8.45. The Hall–Kier alpha value is -1.11. The second-order valence-corrected chi connectivity index (χ2v) is 5.46. The second kappa shape index (κ2) is 5.26. The number of nitrogens with zero attached hydrogens (tertiary/aromatic N) is 3. The van der Waals surface area contributed by atoms with Gasteiger partial charge in [-0.05, 0) is 18.2 Å². The molecule has 1 atom stereocenters. The van der Waals surface area contributed by atoms with Crippen LogP contribution in [0.1, 0.15) is 0 Å². The number of hydrogen-bond acceptors (Lipinski definition) is 3. The van der Waals surface area contributed by atoms with Gasteiger partial charge in [-0.15, -0.1) is 8.80 Å². The largest absolute Gasteiger partial charge is 0.359 e. The highest BCUT2D eigenvalue weighted by atomic mass is 35.5. The Balaban J connectivity index is 2.27. The van der Waals surface area contributed by atoms with Crippen molar-refractivity contribution in [1.82, 2.24) is 4.90 Å². The molecule has 1 aromatic rings. The van der Waals surface area contributed by atoms with Crippen molar-refractivity contribution in [2.75, 3.05) is 19.4 Å². The first-order valence-electron chi connectivity index (χ1n) is 4.96. The topological polar surface area (TPSA) is 57.1 Å². The van der Waals surface area contributed by atoms with Gasteiger partial charge in [0.2, 0.25) is 0 Å². The molecule has 0 saturated heterocycles. The molecular formula is C10H10Cl2N4OS.